The monoisotopic (exact) mass is 392 g/mol. The highest BCUT2D eigenvalue weighted by Gasteiger charge is 2.22. The van der Waals surface area contributed by atoms with Gasteiger partial charge in [-0.05, 0) is 46.2 Å². The number of aryl methyl sites for hydroxylation is 2. The summed E-state index contributed by atoms with van der Waals surface area (Å²) in [6.07, 6.45) is 0. The van der Waals surface area contributed by atoms with Crippen LogP contribution in [0.3, 0.4) is 0 Å². The average Bonchev–Trinajstić information content (AvgIpc) is 3.07. The maximum absolute atomic E-state index is 12.3. The van der Waals surface area contributed by atoms with Crippen LogP contribution < -0.4 is 5.32 Å². The summed E-state index contributed by atoms with van der Waals surface area (Å²) in [6, 6.07) is 1.75. The van der Waals surface area contributed by atoms with E-state index < -0.39 is 24.5 Å². The van der Waals surface area contributed by atoms with Crippen molar-refractivity contribution in [1.82, 2.24) is 4.57 Å². The quantitative estimate of drug-likeness (QED) is 0.762. The van der Waals surface area contributed by atoms with Crippen molar-refractivity contribution in [3.8, 4) is 0 Å². The molecule has 0 spiro atoms. The Morgan fingerprint density at radius 3 is 2.37 bits per heavy atom. The van der Waals surface area contributed by atoms with E-state index in [-0.39, 0.29) is 0 Å². The molecule has 0 bridgehead atoms. The Morgan fingerprint density at radius 1 is 1.15 bits per heavy atom. The third kappa shape index (κ3) is 4.21. The number of aromatic nitrogens is 1. The summed E-state index contributed by atoms with van der Waals surface area (Å²) in [5.74, 6) is -1.58. The van der Waals surface area contributed by atoms with Gasteiger partial charge in [-0.15, -0.1) is 11.3 Å². The van der Waals surface area contributed by atoms with Crippen LogP contribution in [0, 0.1) is 27.7 Å². The lowest BCUT2D eigenvalue weighted by atomic mass is 10.1. The maximum atomic E-state index is 12.3. The Balaban J connectivity index is 2.06. The molecule has 0 radical (unpaired) electrons. The molecule has 1 amide bonds. The first-order chi connectivity index (χ1) is 12.7. The number of nitrogens with zero attached hydrogens (tertiary/aromatic N) is 1. The standard InChI is InChI=1S/C19H24N2O5S/c1-7-21-10(2)8-14(12(21)4)18(23)26-9-15(22)20-17-16(19(24)25-6)11(3)13(5)27-17/h8H,7,9H2,1-6H3,(H,20,22). The highest BCUT2D eigenvalue weighted by atomic mass is 32.1. The molecule has 0 aliphatic carbocycles. The van der Waals surface area contributed by atoms with Crippen LogP contribution in [0.15, 0.2) is 6.07 Å². The molecule has 2 rings (SSSR count). The average molecular weight is 392 g/mol. The number of thiophene rings is 1. The Labute approximate surface area is 162 Å². The molecule has 0 saturated heterocycles. The molecule has 0 aliphatic heterocycles. The van der Waals surface area contributed by atoms with Crippen LogP contribution in [-0.2, 0) is 20.8 Å². The minimum absolute atomic E-state index is 0.325. The van der Waals surface area contributed by atoms with Crippen molar-refractivity contribution < 1.29 is 23.9 Å². The number of ether oxygens (including phenoxy) is 2. The van der Waals surface area contributed by atoms with E-state index in [4.69, 9.17) is 9.47 Å². The van der Waals surface area contributed by atoms with Crippen LogP contribution in [-0.4, -0.2) is 36.1 Å². The predicted octanol–water partition coefficient (Wildman–Crippen LogP) is 3.39. The van der Waals surface area contributed by atoms with Crippen LogP contribution in [0.4, 0.5) is 5.00 Å². The molecular weight excluding hydrogens is 368 g/mol. The van der Waals surface area contributed by atoms with Gasteiger partial charge in [0.2, 0.25) is 0 Å². The van der Waals surface area contributed by atoms with Crippen molar-refractivity contribution in [2.45, 2.75) is 41.2 Å². The number of esters is 2. The first-order valence-corrected chi connectivity index (χ1v) is 9.34. The van der Waals surface area contributed by atoms with Crippen LogP contribution >= 0.6 is 11.3 Å². The number of carbonyl (C=O) groups excluding carboxylic acids is 3. The minimum atomic E-state index is -0.551. The summed E-state index contributed by atoms with van der Waals surface area (Å²) in [4.78, 5) is 37.3. The first-order valence-electron chi connectivity index (χ1n) is 8.53. The van der Waals surface area contributed by atoms with Crippen LogP contribution in [0.5, 0.6) is 0 Å². The van der Waals surface area contributed by atoms with Crippen molar-refractivity contribution >= 4 is 34.2 Å². The number of carbonyl (C=O) groups is 3. The van der Waals surface area contributed by atoms with Gasteiger partial charge < -0.3 is 19.4 Å². The van der Waals surface area contributed by atoms with Crippen molar-refractivity contribution in [1.29, 1.82) is 0 Å². The molecule has 2 heterocycles. The molecule has 0 aromatic carbocycles. The van der Waals surface area contributed by atoms with E-state index in [1.54, 1.807) is 13.0 Å². The molecule has 0 unspecified atom stereocenters. The number of amides is 1. The Morgan fingerprint density at radius 2 is 1.81 bits per heavy atom. The van der Waals surface area contributed by atoms with Gasteiger partial charge in [-0.3, -0.25) is 4.79 Å². The second kappa shape index (κ2) is 8.39. The van der Waals surface area contributed by atoms with E-state index in [1.165, 1.54) is 18.4 Å². The third-order valence-corrected chi connectivity index (χ3v) is 5.59. The van der Waals surface area contributed by atoms with Gasteiger partial charge in [0.05, 0.1) is 18.2 Å². The Hall–Kier alpha value is -2.61. The molecule has 0 fully saturated rings. The molecule has 27 heavy (non-hydrogen) atoms. The second-order valence-corrected chi connectivity index (χ2v) is 7.36. The van der Waals surface area contributed by atoms with E-state index in [9.17, 15) is 14.4 Å². The lowest BCUT2D eigenvalue weighted by Gasteiger charge is -2.08. The van der Waals surface area contributed by atoms with Crippen molar-refractivity contribution in [3.63, 3.8) is 0 Å². The van der Waals surface area contributed by atoms with Gasteiger partial charge in [0.1, 0.15) is 5.00 Å². The topological polar surface area (TPSA) is 86.6 Å². The van der Waals surface area contributed by atoms with Gasteiger partial charge in [0.15, 0.2) is 6.61 Å². The number of methoxy groups -OCH3 is 1. The summed E-state index contributed by atoms with van der Waals surface area (Å²) in [5, 5.41) is 3.02. The molecule has 7 nitrogen and oxygen atoms in total. The van der Waals surface area contributed by atoms with Crippen LogP contribution in [0.25, 0.3) is 0 Å². The number of hydrogen-bond acceptors (Lipinski definition) is 6. The molecule has 0 atom stereocenters. The van der Waals surface area contributed by atoms with Crippen molar-refractivity contribution in [2.24, 2.45) is 0 Å². The van der Waals surface area contributed by atoms with Crippen molar-refractivity contribution in [3.05, 3.63) is 39.0 Å². The van der Waals surface area contributed by atoms with E-state index in [0.29, 0.717) is 16.1 Å². The van der Waals surface area contributed by atoms with Gasteiger partial charge in [-0.1, -0.05) is 0 Å². The van der Waals surface area contributed by atoms with Gasteiger partial charge in [0, 0.05) is 22.8 Å². The van der Waals surface area contributed by atoms with Gasteiger partial charge in [-0.25, -0.2) is 9.59 Å². The van der Waals surface area contributed by atoms with E-state index >= 15 is 0 Å². The molecule has 2 aromatic heterocycles. The maximum Gasteiger partial charge on any atom is 0.341 e. The first kappa shape index (κ1) is 20.7. The Kier molecular flexibility index (Phi) is 6.43. The summed E-state index contributed by atoms with van der Waals surface area (Å²) < 4.78 is 11.9. The fourth-order valence-electron chi connectivity index (χ4n) is 2.93. The molecule has 1 N–H and O–H groups in total. The number of anilines is 1. The van der Waals surface area contributed by atoms with Crippen LogP contribution in [0.1, 0.15) is 49.5 Å². The van der Waals surface area contributed by atoms with Crippen molar-refractivity contribution in [2.75, 3.05) is 19.0 Å². The summed E-state index contributed by atoms with van der Waals surface area (Å²) in [6.45, 7) is 9.70. The number of hydrogen-bond donors (Lipinski definition) is 1. The zero-order chi connectivity index (χ0) is 20.3. The molecule has 8 heteroatoms. The second-order valence-electron chi connectivity index (χ2n) is 6.13. The van der Waals surface area contributed by atoms with Gasteiger partial charge in [0.25, 0.3) is 5.91 Å². The molecule has 0 aliphatic rings. The predicted molar refractivity (Wildman–Crippen MR) is 104 cm³/mol. The molecule has 0 saturated carbocycles. The summed E-state index contributed by atoms with van der Waals surface area (Å²) in [5.41, 5.74) is 3.29. The number of rotatable bonds is 6. The van der Waals surface area contributed by atoms with E-state index in [2.05, 4.69) is 5.32 Å². The van der Waals surface area contributed by atoms with Gasteiger partial charge >= 0.3 is 11.9 Å². The minimum Gasteiger partial charge on any atom is -0.465 e. The van der Waals surface area contributed by atoms with E-state index in [0.717, 1.165) is 28.4 Å². The fourth-order valence-corrected chi connectivity index (χ4v) is 3.99. The highest BCUT2D eigenvalue weighted by molar-refractivity contribution is 7.16. The molecule has 146 valence electrons. The van der Waals surface area contributed by atoms with Crippen LogP contribution in [0.2, 0.25) is 0 Å². The highest BCUT2D eigenvalue weighted by Crippen LogP contribution is 2.32. The number of nitrogens with one attached hydrogen (secondary N) is 1. The smallest absolute Gasteiger partial charge is 0.341 e. The third-order valence-electron chi connectivity index (χ3n) is 4.47. The zero-order valence-electron chi connectivity index (χ0n) is 16.4. The lowest BCUT2D eigenvalue weighted by Crippen LogP contribution is -2.22. The SMILES string of the molecule is CCn1c(C)cc(C(=O)OCC(=O)Nc2sc(C)c(C)c2C(=O)OC)c1C. The Bertz CT molecular complexity index is 895. The van der Waals surface area contributed by atoms with E-state index in [1.807, 2.05) is 32.3 Å². The lowest BCUT2D eigenvalue weighted by molar-refractivity contribution is -0.119. The molecule has 2 aromatic rings. The zero-order valence-corrected chi connectivity index (χ0v) is 17.2. The normalized spacial score (nSPS) is 10.6. The molecular formula is C19H24N2O5S. The fraction of sp³-hybridized carbons (Fsp3) is 0.421. The van der Waals surface area contributed by atoms with Gasteiger partial charge in [-0.2, -0.15) is 0 Å². The summed E-state index contributed by atoms with van der Waals surface area (Å²) >= 11 is 1.28. The largest absolute Gasteiger partial charge is 0.465 e. The summed E-state index contributed by atoms with van der Waals surface area (Å²) in [7, 11) is 1.29.